The molecule has 0 radical (unpaired) electrons. The van der Waals surface area contributed by atoms with Gasteiger partial charge in [0.2, 0.25) is 0 Å². The van der Waals surface area contributed by atoms with Crippen molar-refractivity contribution in [3.8, 4) is 0 Å². The van der Waals surface area contributed by atoms with Gasteiger partial charge in [-0.05, 0) is 42.9 Å². The first-order valence-corrected chi connectivity index (χ1v) is 6.65. The molecule has 1 aliphatic rings. The second-order valence-electron chi connectivity index (χ2n) is 6.10. The van der Waals surface area contributed by atoms with Gasteiger partial charge in [-0.1, -0.05) is 40.5 Å². The highest BCUT2D eigenvalue weighted by molar-refractivity contribution is 4.86. The fourth-order valence-electron chi connectivity index (χ4n) is 3.29. The van der Waals surface area contributed by atoms with Crippen LogP contribution in [0.15, 0.2) is 0 Å². The normalized spacial score (nSPS) is 32.6. The van der Waals surface area contributed by atoms with Crippen LogP contribution in [0, 0.1) is 17.3 Å². The minimum atomic E-state index is -0.0741. The van der Waals surface area contributed by atoms with Crippen molar-refractivity contribution in [1.29, 1.82) is 0 Å². The van der Waals surface area contributed by atoms with Gasteiger partial charge in [0.15, 0.2) is 0 Å². The van der Waals surface area contributed by atoms with E-state index in [1.54, 1.807) is 0 Å². The van der Waals surface area contributed by atoms with Crippen LogP contribution in [0.25, 0.3) is 0 Å². The number of aliphatic hydroxyl groups excluding tert-OH is 1. The fraction of sp³-hybridized carbons (Fsp3) is 1.00. The maximum absolute atomic E-state index is 9.65. The number of rotatable bonds is 4. The highest BCUT2D eigenvalue weighted by Gasteiger charge is 2.36. The summed E-state index contributed by atoms with van der Waals surface area (Å²) in [6, 6.07) is 0. The van der Waals surface area contributed by atoms with Crippen LogP contribution in [0.4, 0.5) is 0 Å². The lowest BCUT2D eigenvalue weighted by Gasteiger charge is -2.43. The molecule has 1 rings (SSSR count). The smallest absolute Gasteiger partial charge is 0.0537 e. The molecule has 1 saturated carbocycles. The maximum atomic E-state index is 9.65. The van der Waals surface area contributed by atoms with Crippen LogP contribution in [0.2, 0.25) is 0 Å². The number of hydrogen-bond acceptors (Lipinski definition) is 1. The SMILES string of the molecule is CCC(O)CC[C@@H]1[C@@H](C)CCCC1(C)C. The molecule has 0 aliphatic heterocycles. The number of aliphatic hydroxyl groups is 1. The summed E-state index contributed by atoms with van der Waals surface area (Å²) in [5.41, 5.74) is 0.491. The van der Waals surface area contributed by atoms with Crippen LogP contribution in [-0.2, 0) is 0 Å². The predicted octanol–water partition coefficient (Wildman–Crippen LogP) is 4.00. The van der Waals surface area contributed by atoms with Crippen molar-refractivity contribution in [2.24, 2.45) is 17.3 Å². The molecule has 1 nitrogen and oxygen atoms in total. The predicted molar refractivity (Wildman–Crippen MR) is 65.8 cm³/mol. The largest absolute Gasteiger partial charge is 0.393 e. The summed E-state index contributed by atoms with van der Waals surface area (Å²) in [4.78, 5) is 0. The number of hydrogen-bond donors (Lipinski definition) is 1. The van der Waals surface area contributed by atoms with Crippen molar-refractivity contribution in [2.75, 3.05) is 0 Å². The third-order valence-corrected chi connectivity index (χ3v) is 4.45. The van der Waals surface area contributed by atoms with Crippen LogP contribution >= 0.6 is 0 Å². The standard InChI is InChI=1S/C14H28O/c1-5-12(15)8-9-13-11(2)7-6-10-14(13,3)4/h11-13,15H,5-10H2,1-4H3/t11-,12?,13+/m0/s1. The zero-order chi connectivity index (χ0) is 11.5. The summed E-state index contributed by atoms with van der Waals surface area (Å²) in [6.07, 6.45) is 7.18. The molecule has 90 valence electrons. The van der Waals surface area contributed by atoms with Gasteiger partial charge in [0.05, 0.1) is 6.10 Å². The van der Waals surface area contributed by atoms with E-state index in [1.807, 2.05) is 0 Å². The fourth-order valence-corrected chi connectivity index (χ4v) is 3.29. The average Bonchev–Trinajstić information content (AvgIpc) is 2.15. The van der Waals surface area contributed by atoms with Gasteiger partial charge >= 0.3 is 0 Å². The summed E-state index contributed by atoms with van der Waals surface area (Å²) < 4.78 is 0. The van der Waals surface area contributed by atoms with Crippen molar-refractivity contribution < 1.29 is 5.11 Å². The van der Waals surface area contributed by atoms with Crippen LogP contribution in [0.1, 0.15) is 66.2 Å². The van der Waals surface area contributed by atoms with E-state index in [0.717, 1.165) is 24.7 Å². The summed E-state index contributed by atoms with van der Waals surface area (Å²) in [5, 5.41) is 9.65. The molecular weight excluding hydrogens is 184 g/mol. The van der Waals surface area contributed by atoms with E-state index in [9.17, 15) is 5.11 Å². The molecule has 1 aliphatic carbocycles. The minimum absolute atomic E-state index is 0.0741. The molecule has 0 amide bonds. The maximum Gasteiger partial charge on any atom is 0.0537 e. The topological polar surface area (TPSA) is 20.2 Å². The molecular formula is C14H28O. The molecule has 0 bridgehead atoms. The summed E-state index contributed by atoms with van der Waals surface area (Å²) in [7, 11) is 0. The van der Waals surface area contributed by atoms with E-state index >= 15 is 0 Å². The van der Waals surface area contributed by atoms with Crippen molar-refractivity contribution in [1.82, 2.24) is 0 Å². The lowest BCUT2D eigenvalue weighted by Crippen LogP contribution is -2.34. The van der Waals surface area contributed by atoms with Crippen molar-refractivity contribution >= 4 is 0 Å². The van der Waals surface area contributed by atoms with E-state index in [0.29, 0.717) is 5.41 Å². The lowest BCUT2D eigenvalue weighted by molar-refractivity contribution is 0.0570. The second kappa shape index (κ2) is 5.34. The zero-order valence-corrected chi connectivity index (χ0v) is 10.9. The Balaban J connectivity index is 2.48. The van der Waals surface area contributed by atoms with Crippen LogP contribution in [-0.4, -0.2) is 11.2 Å². The second-order valence-corrected chi connectivity index (χ2v) is 6.10. The van der Waals surface area contributed by atoms with Crippen LogP contribution in [0.3, 0.4) is 0 Å². The Labute approximate surface area is 95.3 Å². The molecule has 3 atom stereocenters. The summed E-state index contributed by atoms with van der Waals surface area (Å²) in [5.74, 6) is 1.66. The third-order valence-electron chi connectivity index (χ3n) is 4.45. The molecule has 0 saturated heterocycles. The molecule has 1 N–H and O–H groups in total. The Bertz CT molecular complexity index is 186. The van der Waals surface area contributed by atoms with Gasteiger partial charge in [0.25, 0.3) is 0 Å². The molecule has 1 fully saturated rings. The Morgan fingerprint density at radius 2 is 2.07 bits per heavy atom. The van der Waals surface area contributed by atoms with E-state index in [1.165, 1.54) is 25.7 Å². The first-order valence-electron chi connectivity index (χ1n) is 6.65. The molecule has 1 heteroatoms. The van der Waals surface area contributed by atoms with E-state index < -0.39 is 0 Å². The summed E-state index contributed by atoms with van der Waals surface area (Å²) in [6.45, 7) is 9.28. The Hall–Kier alpha value is -0.0400. The molecule has 0 heterocycles. The molecule has 0 aromatic heterocycles. The first-order chi connectivity index (χ1) is 6.97. The average molecular weight is 212 g/mol. The Morgan fingerprint density at radius 1 is 1.40 bits per heavy atom. The van der Waals surface area contributed by atoms with Gasteiger partial charge in [-0.2, -0.15) is 0 Å². The van der Waals surface area contributed by atoms with Crippen molar-refractivity contribution in [2.45, 2.75) is 72.3 Å². The van der Waals surface area contributed by atoms with Gasteiger partial charge < -0.3 is 5.11 Å². The third kappa shape index (κ3) is 3.48. The van der Waals surface area contributed by atoms with Gasteiger partial charge in [-0.3, -0.25) is 0 Å². The lowest BCUT2D eigenvalue weighted by atomic mass is 9.62. The highest BCUT2D eigenvalue weighted by atomic mass is 16.3. The zero-order valence-electron chi connectivity index (χ0n) is 10.9. The molecule has 0 aromatic rings. The Morgan fingerprint density at radius 3 is 2.60 bits per heavy atom. The van der Waals surface area contributed by atoms with E-state index in [2.05, 4.69) is 27.7 Å². The molecule has 15 heavy (non-hydrogen) atoms. The van der Waals surface area contributed by atoms with Crippen molar-refractivity contribution in [3.63, 3.8) is 0 Å². The quantitative estimate of drug-likeness (QED) is 0.747. The first kappa shape index (κ1) is 13.0. The van der Waals surface area contributed by atoms with Crippen molar-refractivity contribution in [3.05, 3.63) is 0 Å². The van der Waals surface area contributed by atoms with Crippen LogP contribution in [0.5, 0.6) is 0 Å². The highest BCUT2D eigenvalue weighted by Crippen LogP contribution is 2.46. The van der Waals surface area contributed by atoms with E-state index in [4.69, 9.17) is 0 Å². The molecule has 1 unspecified atom stereocenters. The van der Waals surface area contributed by atoms with Gasteiger partial charge in [-0.15, -0.1) is 0 Å². The molecule has 0 spiro atoms. The van der Waals surface area contributed by atoms with Crippen LogP contribution < -0.4 is 0 Å². The van der Waals surface area contributed by atoms with Gasteiger partial charge in [0, 0.05) is 0 Å². The van der Waals surface area contributed by atoms with Gasteiger partial charge in [0.1, 0.15) is 0 Å². The summed E-state index contributed by atoms with van der Waals surface area (Å²) >= 11 is 0. The minimum Gasteiger partial charge on any atom is -0.393 e. The monoisotopic (exact) mass is 212 g/mol. The molecule has 0 aromatic carbocycles. The Kier molecular flexibility index (Phi) is 4.64. The van der Waals surface area contributed by atoms with Gasteiger partial charge in [-0.25, -0.2) is 0 Å². The van der Waals surface area contributed by atoms with E-state index in [-0.39, 0.29) is 6.10 Å².